The molecule has 2 aromatic carbocycles. The van der Waals surface area contributed by atoms with Crippen LogP contribution in [-0.4, -0.2) is 39.4 Å². The normalized spacial score (nSPS) is 14.0. The predicted octanol–water partition coefficient (Wildman–Crippen LogP) is 3.29. The van der Waals surface area contributed by atoms with Crippen molar-refractivity contribution in [3.8, 4) is 0 Å². The number of nitrogens with one attached hydrogen (secondary N) is 1. The highest BCUT2D eigenvalue weighted by Gasteiger charge is 2.20. The Kier molecular flexibility index (Phi) is 5.60. The third-order valence-corrected chi connectivity index (χ3v) is 5.42. The first kappa shape index (κ1) is 19.2. The van der Waals surface area contributed by atoms with Crippen LogP contribution in [0.25, 0.3) is 11.0 Å². The van der Waals surface area contributed by atoms with E-state index in [1.807, 2.05) is 54.3 Å². The van der Waals surface area contributed by atoms with Gasteiger partial charge in [-0.25, -0.2) is 4.98 Å². The zero-order valence-corrected chi connectivity index (χ0v) is 16.7. The number of hydrogen-bond donors (Lipinski definition) is 1. The van der Waals surface area contributed by atoms with Crippen molar-refractivity contribution in [3.63, 3.8) is 0 Å². The number of likely N-dealkylation sites (tertiary alicyclic amines) is 1. The van der Waals surface area contributed by atoms with E-state index in [0.717, 1.165) is 48.4 Å². The molecule has 0 bridgehead atoms. The lowest BCUT2D eigenvalue weighted by Gasteiger charge is -2.16. The number of imidazole rings is 1. The van der Waals surface area contributed by atoms with Gasteiger partial charge in [-0.15, -0.1) is 0 Å². The molecule has 1 aromatic heterocycles. The number of aromatic nitrogens is 2. The number of aryl methyl sites for hydroxylation is 2. The van der Waals surface area contributed by atoms with Gasteiger partial charge in [0.25, 0.3) is 5.91 Å². The van der Waals surface area contributed by atoms with Crippen LogP contribution in [-0.2, 0) is 17.9 Å². The molecule has 1 fully saturated rings. The minimum absolute atomic E-state index is 0.0770. The molecule has 1 N–H and O–H groups in total. The molecule has 2 amide bonds. The van der Waals surface area contributed by atoms with Gasteiger partial charge < -0.3 is 14.8 Å². The lowest BCUT2D eigenvalue weighted by atomic mass is 10.1. The topological polar surface area (TPSA) is 67.2 Å². The fourth-order valence-electron chi connectivity index (χ4n) is 3.92. The van der Waals surface area contributed by atoms with Gasteiger partial charge in [-0.3, -0.25) is 9.59 Å². The molecule has 0 unspecified atom stereocenters. The molecule has 6 nitrogen and oxygen atoms in total. The monoisotopic (exact) mass is 390 g/mol. The summed E-state index contributed by atoms with van der Waals surface area (Å²) < 4.78 is 2.19. The molecule has 1 saturated heterocycles. The Balaban J connectivity index is 1.31. The van der Waals surface area contributed by atoms with Crippen LogP contribution < -0.4 is 5.32 Å². The first-order chi connectivity index (χ1) is 14.1. The predicted molar refractivity (Wildman–Crippen MR) is 113 cm³/mol. The van der Waals surface area contributed by atoms with Gasteiger partial charge in [0, 0.05) is 38.2 Å². The number of nitrogens with zero attached hydrogens (tertiary/aromatic N) is 3. The highest BCUT2D eigenvalue weighted by molar-refractivity contribution is 5.94. The SMILES string of the molecule is Cc1nc2ccccc2n1CCCNC(=O)c1cccc(CN2CCCC2=O)c1. The summed E-state index contributed by atoms with van der Waals surface area (Å²) in [6, 6.07) is 15.7. The maximum Gasteiger partial charge on any atom is 0.251 e. The molecule has 1 aliphatic heterocycles. The number of carbonyl (C=O) groups excluding carboxylic acids is 2. The molecule has 0 saturated carbocycles. The number of rotatable bonds is 7. The molecular weight excluding hydrogens is 364 g/mol. The standard InChI is InChI=1S/C23H26N4O2/c1-17-25-20-9-2-3-10-21(20)27(17)14-6-12-24-23(29)19-8-4-7-18(15-19)16-26-13-5-11-22(26)28/h2-4,7-10,15H,5-6,11-14,16H2,1H3,(H,24,29). The Bertz CT molecular complexity index is 1040. The number of fused-ring (bicyclic) bond motifs is 1. The molecule has 150 valence electrons. The van der Waals surface area contributed by atoms with Crippen molar-refractivity contribution < 1.29 is 9.59 Å². The van der Waals surface area contributed by atoms with E-state index in [-0.39, 0.29) is 11.8 Å². The van der Waals surface area contributed by atoms with E-state index in [2.05, 4.69) is 20.9 Å². The van der Waals surface area contributed by atoms with Gasteiger partial charge in [0.1, 0.15) is 5.82 Å². The summed E-state index contributed by atoms with van der Waals surface area (Å²) >= 11 is 0. The summed E-state index contributed by atoms with van der Waals surface area (Å²) in [7, 11) is 0. The van der Waals surface area contributed by atoms with Crippen molar-refractivity contribution in [2.24, 2.45) is 0 Å². The van der Waals surface area contributed by atoms with Crippen LogP contribution in [0, 0.1) is 6.92 Å². The van der Waals surface area contributed by atoms with E-state index >= 15 is 0 Å². The van der Waals surface area contributed by atoms with Crippen molar-refractivity contribution in [1.29, 1.82) is 0 Å². The van der Waals surface area contributed by atoms with Crippen LogP contribution in [0.4, 0.5) is 0 Å². The second-order valence-electron chi connectivity index (χ2n) is 7.53. The number of benzene rings is 2. The van der Waals surface area contributed by atoms with E-state index in [4.69, 9.17) is 0 Å². The third-order valence-electron chi connectivity index (χ3n) is 5.42. The van der Waals surface area contributed by atoms with Crippen molar-refractivity contribution in [2.75, 3.05) is 13.1 Å². The first-order valence-corrected chi connectivity index (χ1v) is 10.2. The highest BCUT2D eigenvalue weighted by atomic mass is 16.2. The van der Waals surface area contributed by atoms with Crippen LogP contribution in [0.1, 0.15) is 41.0 Å². The van der Waals surface area contributed by atoms with Crippen LogP contribution in [0.5, 0.6) is 0 Å². The van der Waals surface area contributed by atoms with Crippen molar-refractivity contribution in [3.05, 3.63) is 65.5 Å². The fourth-order valence-corrected chi connectivity index (χ4v) is 3.92. The molecule has 0 radical (unpaired) electrons. The van der Waals surface area contributed by atoms with E-state index in [0.29, 0.717) is 25.1 Å². The fraction of sp³-hybridized carbons (Fsp3) is 0.348. The van der Waals surface area contributed by atoms with E-state index in [1.54, 1.807) is 0 Å². The van der Waals surface area contributed by atoms with Crippen LogP contribution in [0.15, 0.2) is 48.5 Å². The number of hydrogen-bond acceptors (Lipinski definition) is 3. The third kappa shape index (κ3) is 4.31. The summed E-state index contributed by atoms with van der Waals surface area (Å²) in [6.45, 7) is 4.79. The highest BCUT2D eigenvalue weighted by Crippen LogP contribution is 2.16. The Labute approximate surface area is 170 Å². The van der Waals surface area contributed by atoms with Gasteiger partial charge in [0.2, 0.25) is 5.91 Å². The second kappa shape index (κ2) is 8.47. The van der Waals surface area contributed by atoms with Gasteiger partial charge in [-0.2, -0.15) is 0 Å². The maximum absolute atomic E-state index is 12.5. The molecule has 29 heavy (non-hydrogen) atoms. The average Bonchev–Trinajstić information content (AvgIpc) is 3.27. The zero-order valence-electron chi connectivity index (χ0n) is 16.7. The largest absolute Gasteiger partial charge is 0.352 e. The molecular formula is C23H26N4O2. The smallest absolute Gasteiger partial charge is 0.251 e. The van der Waals surface area contributed by atoms with Gasteiger partial charge in [0.15, 0.2) is 0 Å². The van der Waals surface area contributed by atoms with Crippen molar-refractivity contribution in [1.82, 2.24) is 19.8 Å². The summed E-state index contributed by atoms with van der Waals surface area (Å²) in [5.41, 5.74) is 3.76. The van der Waals surface area contributed by atoms with Gasteiger partial charge in [-0.1, -0.05) is 24.3 Å². The molecule has 0 atom stereocenters. The van der Waals surface area contributed by atoms with Crippen LogP contribution in [0.2, 0.25) is 0 Å². The summed E-state index contributed by atoms with van der Waals surface area (Å²) in [5, 5.41) is 3.01. The first-order valence-electron chi connectivity index (χ1n) is 10.2. The summed E-state index contributed by atoms with van der Waals surface area (Å²) in [6.07, 6.45) is 2.38. The Morgan fingerprint density at radius 3 is 2.86 bits per heavy atom. The van der Waals surface area contributed by atoms with E-state index in [1.165, 1.54) is 0 Å². The maximum atomic E-state index is 12.5. The van der Waals surface area contributed by atoms with Crippen molar-refractivity contribution >= 4 is 22.8 Å². The molecule has 2 heterocycles. The van der Waals surface area contributed by atoms with Crippen LogP contribution in [0.3, 0.4) is 0 Å². The number of para-hydroxylation sites is 2. The Hall–Kier alpha value is -3.15. The van der Waals surface area contributed by atoms with Gasteiger partial charge in [-0.05, 0) is 49.6 Å². The average molecular weight is 390 g/mol. The number of amides is 2. The van der Waals surface area contributed by atoms with Gasteiger partial charge >= 0.3 is 0 Å². The lowest BCUT2D eigenvalue weighted by Crippen LogP contribution is -2.26. The molecule has 0 aliphatic carbocycles. The molecule has 4 rings (SSSR count). The van der Waals surface area contributed by atoms with Crippen molar-refractivity contribution in [2.45, 2.75) is 39.3 Å². The molecule has 6 heteroatoms. The van der Waals surface area contributed by atoms with Crippen LogP contribution >= 0.6 is 0 Å². The molecule has 1 aliphatic rings. The quantitative estimate of drug-likeness (QED) is 0.630. The second-order valence-corrected chi connectivity index (χ2v) is 7.53. The summed E-state index contributed by atoms with van der Waals surface area (Å²) in [5.74, 6) is 1.11. The molecule has 3 aromatic rings. The lowest BCUT2D eigenvalue weighted by molar-refractivity contribution is -0.128. The van der Waals surface area contributed by atoms with E-state index in [9.17, 15) is 9.59 Å². The summed E-state index contributed by atoms with van der Waals surface area (Å²) in [4.78, 5) is 30.8. The van der Waals surface area contributed by atoms with Gasteiger partial charge in [0.05, 0.1) is 11.0 Å². The molecule has 0 spiro atoms. The Morgan fingerprint density at radius 2 is 2.03 bits per heavy atom. The number of carbonyl (C=O) groups is 2. The zero-order chi connectivity index (χ0) is 20.2. The van der Waals surface area contributed by atoms with E-state index < -0.39 is 0 Å². The Morgan fingerprint density at radius 1 is 1.17 bits per heavy atom. The minimum Gasteiger partial charge on any atom is -0.352 e. The minimum atomic E-state index is -0.0770.